The molecule has 2 heterocycles. The number of aromatic nitrogens is 1. The second-order valence-electron chi connectivity index (χ2n) is 14.8. The van der Waals surface area contributed by atoms with E-state index in [9.17, 15) is 0 Å². The predicted octanol–water partition coefficient (Wildman–Crippen LogP) is 9.44. The summed E-state index contributed by atoms with van der Waals surface area (Å²) in [7, 11) is -2.00. The van der Waals surface area contributed by atoms with E-state index in [-0.39, 0.29) is 28.3 Å². The molecule has 1 saturated carbocycles. The molecule has 37 heavy (non-hydrogen) atoms. The molecule has 202 valence electrons. The molecule has 0 bridgehead atoms. The normalized spacial score (nSPS) is 24.5. The number of hydrogen-bond acceptors (Lipinski definition) is 3. The molecule has 1 fully saturated rings. The van der Waals surface area contributed by atoms with Crippen molar-refractivity contribution in [1.82, 2.24) is 4.98 Å². The van der Waals surface area contributed by atoms with Gasteiger partial charge < -0.3 is 9.16 Å². The van der Waals surface area contributed by atoms with Gasteiger partial charge in [-0.15, -0.1) is 0 Å². The van der Waals surface area contributed by atoms with Crippen LogP contribution in [-0.4, -0.2) is 13.3 Å². The van der Waals surface area contributed by atoms with Gasteiger partial charge in [-0.25, -0.2) is 0 Å². The van der Waals surface area contributed by atoms with Crippen molar-refractivity contribution in [3.8, 4) is 0 Å². The molecule has 2 aliphatic carbocycles. The van der Waals surface area contributed by atoms with E-state index in [2.05, 4.69) is 92.7 Å². The van der Waals surface area contributed by atoms with Gasteiger partial charge in [0.25, 0.3) is 0 Å². The molecule has 2 atom stereocenters. The number of nitrogens with zero attached hydrogens (tertiary/aromatic N) is 1. The number of fused-ring (bicyclic) bond motifs is 4. The first-order valence-corrected chi connectivity index (χ1v) is 17.5. The van der Waals surface area contributed by atoms with Crippen molar-refractivity contribution in [1.29, 1.82) is 0 Å². The van der Waals surface area contributed by atoms with Crippen LogP contribution in [0, 0.1) is 12.3 Å². The van der Waals surface area contributed by atoms with Crippen molar-refractivity contribution < 1.29 is 9.16 Å². The number of benzene rings is 1. The molecule has 3 nitrogen and oxygen atoms in total. The first-order valence-electron chi connectivity index (χ1n) is 14.6. The number of ether oxygens (including phenoxy) is 1. The number of pyridine rings is 1. The Labute approximate surface area is 226 Å². The van der Waals surface area contributed by atoms with Crippen LogP contribution >= 0.6 is 0 Å². The zero-order valence-corrected chi connectivity index (χ0v) is 26.0. The molecule has 4 heteroatoms. The van der Waals surface area contributed by atoms with Gasteiger partial charge >= 0.3 is 0 Å². The van der Waals surface area contributed by atoms with Crippen LogP contribution in [0.1, 0.15) is 138 Å². The maximum Gasteiger partial charge on any atom is 0.192 e. The van der Waals surface area contributed by atoms with Crippen LogP contribution in [0.25, 0.3) is 0 Å². The van der Waals surface area contributed by atoms with Gasteiger partial charge in [-0.3, -0.25) is 4.98 Å². The average Bonchev–Trinajstić information content (AvgIpc) is 3.37. The summed E-state index contributed by atoms with van der Waals surface area (Å²) in [4.78, 5) is 5.53. The molecular weight excluding hydrogens is 470 g/mol. The topological polar surface area (TPSA) is 31.4 Å². The van der Waals surface area contributed by atoms with Gasteiger partial charge in [0.2, 0.25) is 0 Å². The van der Waals surface area contributed by atoms with Gasteiger partial charge in [0.05, 0.1) is 11.7 Å². The summed E-state index contributed by atoms with van der Waals surface area (Å²) >= 11 is 0. The molecule has 5 rings (SSSR count). The van der Waals surface area contributed by atoms with Crippen molar-refractivity contribution >= 4 is 8.32 Å². The summed E-state index contributed by atoms with van der Waals surface area (Å²) in [5.41, 5.74) is 9.26. The Morgan fingerprint density at radius 1 is 1.03 bits per heavy atom. The van der Waals surface area contributed by atoms with Crippen LogP contribution in [0.2, 0.25) is 18.1 Å². The Morgan fingerprint density at radius 3 is 2.22 bits per heavy atom. The van der Waals surface area contributed by atoms with Gasteiger partial charge in [-0.1, -0.05) is 91.1 Å². The highest BCUT2D eigenvalue weighted by atomic mass is 28.4. The second-order valence-corrected chi connectivity index (χ2v) is 19.6. The molecule has 2 aromatic rings. The van der Waals surface area contributed by atoms with Crippen LogP contribution in [0.3, 0.4) is 0 Å². The zero-order valence-electron chi connectivity index (χ0n) is 25.0. The Bertz CT molecular complexity index is 1170. The number of rotatable bonds is 4. The Kier molecular flexibility index (Phi) is 6.61. The molecule has 1 aromatic carbocycles. The predicted molar refractivity (Wildman–Crippen MR) is 156 cm³/mol. The molecular formula is C33H49NO2Si. The first-order chi connectivity index (χ1) is 17.1. The largest absolute Gasteiger partial charge is 0.410 e. The van der Waals surface area contributed by atoms with E-state index in [4.69, 9.17) is 14.1 Å². The lowest BCUT2D eigenvalue weighted by Crippen LogP contribution is -2.44. The molecule has 3 aliphatic rings. The van der Waals surface area contributed by atoms with Gasteiger partial charge in [-0.2, -0.15) is 0 Å². The highest BCUT2D eigenvalue weighted by molar-refractivity contribution is 6.74. The van der Waals surface area contributed by atoms with E-state index in [0.717, 1.165) is 25.7 Å². The Morgan fingerprint density at radius 2 is 1.65 bits per heavy atom. The van der Waals surface area contributed by atoms with Gasteiger partial charge in [0, 0.05) is 22.5 Å². The van der Waals surface area contributed by atoms with E-state index >= 15 is 0 Å². The molecule has 0 N–H and O–H groups in total. The third kappa shape index (κ3) is 4.65. The van der Waals surface area contributed by atoms with Crippen molar-refractivity contribution in [3.63, 3.8) is 0 Å². The van der Waals surface area contributed by atoms with Gasteiger partial charge in [0.15, 0.2) is 8.32 Å². The molecule has 0 saturated heterocycles. The summed E-state index contributed by atoms with van der Waals surface area (Å²) in [5, 5.41) is 0.162. The van der Waals surface area contributed by atoms with Crippen LogP contribution in [0.15, 0.2) is 24.3 Å². The Balaban J connectivity index is 1.78. The lowest BCUT2D eigenvalue weighted by Gasteiger charge is -2.45. The number of aryl methyl sites for hydroxylation is 1. The quantitative estimate of drug-likeness (QED) is 0.377. The molecule has 1 aliphatic heterocycles. The molecule has 1 spiro atoms. The fourth-order valence-electron chi connectivity index (χ4n) is 6.76. The summed E-state index contributed by atoms with van der Waals surface area (Å²) in [6, 6.07) is 9.00. The van der Waals surface area contributed by atoms with Crippen molar-refractivity contribution in [2.75, 3.05) is 0 Å². The van der Waals surface area contributed by atoms with Gasteiger partial charge in [-0.05, 0) is 73.2 Å². The highest BCUT2D eigenvalue weighted by Gasteiger charge is 2.54. The van der Waals surface area contributed by atoms with Crippen LogP contribution in [-0.2, 0) is 21.2 Å². The lowest BCUT2D eigenvalue weighted by atomic mass is 9.70. The molecule has 1 aromatic heterocycles. The number of hydrogen-bond donors (Lipinski definition) is 0. The monoisotopic (exact) mass is 519 g/mol. The second kappa shape index (κ2) is 9.03. The van der Waals surface area contributed by atoms with E-state index in [1.54, 1.807) is 0 Å². The van der Waals surface area contributed by atoms with Crippen molar-refractivity contribution in [2.45, 2.75) is 136 Å². The van der Waals surface area contributed by atoms with E-state index in [1.807, 2.05) is 0 Å². The minimum absolute atomic E-state index is 0.0487. The SMILES string of the molecule is Cc1ccc([C@H]2OC3(CCCC3)c3c2c(C(C)C)nc2c3[C@@H](O[Si](C)(C)C(C)(C)C)CC(C)(C)C2)cc1. The summed E-state index contributed by atoms with van der Waals surface area (Å²) in [6.07, 6.45) is 6.76. The smallest absolute Gasteiger partial charge is 0.192 e. The zero-order chi connectivity index (χ0) is 27.0. The fourth-order valence-corrected chi connectivity index (χ4v) is 8.02. The summed E-state index contributed by atoms with van der Waals surface area (Å²) in [5.74, 6) is 0.344. The minimum atomic E-state index is -2.00. The van der Waals surface area contributed by atoms with E-state index in [1.165, 1.54) is 52.0 Å². The van der Waals surface area contributed by atoms with E-state index < -0.39 is 8.32 Å². The molecule has 0 amide bonds. The average molecular weight is 520 g/mol. The third-order valence-corrected chi connectivity index (χ3v) is 14.2. The van der Waals surface area contributed by atoms with Crippen LogP contribution < -0.4 is 0 Å². The fraction of sp³-hybridized carbons (Fsp3) is 0.667. The minimum Gasteiger partial charge on any atom is -0.410 e. The van der Waals surface area contributed by atoms with Gasteiger partial charge in [0.1, 0.15) is 6.10 Å². The molecule has 0 radical (unpaired) electrons. The summed E-state index contributed by atoms with van der Waals surface area (Å²) in [6.45, 7) is 23.4. The maximum absolute atomic E-state index is 7.33. The maximum atomic E-state index is 7.33. The lowest BCUT2D eigenvalue weighted by molar-refractivity contribution is -0.0579. The highest BCUT2D eigenvalue weighted by Crippen LogP contribution is 2.60. The Hall–Kier alpha value is -1.49. The third-order valence-electron chi connectivity index (χ3n) is 9.73. The first kappa shape index (κ1) is 27.1. The van der Waals surface area contributed by atoms with Crippen LogP contribution in [0.5, 0.6) is 0 Å². The summed E-state index contributed by atoms with van der Waals surface area (Å²) < 4.78 is 14.6. The van der Waals surface area contributed by atoms with E-state index in [0.29, 0.717) is 5.92 Å². The molecule has 0 unspecified atom stereocenters. The standard InChI is InChI=1S/C33H49NO2Si/c1-21(2)29-27-28(33(17-11-12-18-33)35-30(27)23-15-13-22(3)14-16-23)26-24(34-29)19-32(7,8)20-25(26)36-37(9,10)31(4,5)6/h13-16,21,25,30H,11-12,17-20H2,1-10H3/t25-,30+/m0/s1. The van der Waals surface area contributed by atoms with Crippen LogP contribution in [0.4, 0.5) is 0 Å². The van der Waals surface area contributed by atoms with Crippen molar-refractivity contribution in [3.05, 3.63) is 63.5 Å². The van der Waals surface area contributed by atoms with Crippen molar-refractivity contribution in [2.24, 2.45) is 5.41 Å².